The van der Waals surface area contributed by atoms with Crippen LogP contribution < -0.4 is 10.9 Å². The number of nitrogens with one attached hydrogen (secondary N) is 2. The second kappa shape index (κ2) is 5.09. The van der Waals surface area contributed by atoms with Crippen LogP contribution in [-0.2, 0) is 0 Å². The van der Waals surface area contributed by atoms with E-state index in [0.29, 0.717) is 0 Å². The molecule has 1 aromatic rings. The molecular weight excluding hydrogens is 220 g/mol. The van der Waals surface area contributed by atoms with Crippen molar-refractivity contribution in [3.8, 4) is 0 Å². The maximum atomic E-state index is 12.1. The lowest BCUT2D eigenvalue weighted by Gasteiger charge is -2.31. The van der Waals surface area contributed by atoms with Crippen molar-refractivity contribution < 1.29 is 4.79 Å². The predicted octanol–water partition coefficient (Wildman–Crippen LogP) is -0.406. The highest BCUT2D eigenvalue weighted by atomic mass is 16.2. The summed E-state index contributed by atoms with van der Waals surface area (Å²) in [4.78, 5) is 31.0. The number of amides is 1. The van der Waals surface area contributed by atoms with Gasteiger partial charge in [0, 0.05) is 19.3 Å². The highest BCUT2D eigenvalue weighted by Crippen LogP contribution is 2.11. The Morgan fingerprint density at radius 1 is 1.47 bits per heavy atom. The number of carbonyl (C=O) groups excluding carboxylic acids is 1. The molecule has 2 heterocycles. The number of aromatic amines is 1. The van der Waals surface area contributed by atoms with Crippen molar-refractivity contribution in [1.82, 2.24) is 20.2 Å². The van der Waals surface area contributed by atoms with E-state index in [9.17, 15) is 9.59 Å². The van der Waals surface area contributed by atoms with E-state index in [1.165, 1.54) is 6.20 Å². The van der Waals surface area contributed by atoms with Crippen LogP contribution in [0, 0.1) is 0 Å². The van der Waals surface area contributed by atoms with Gasteiger partial charge in [-0.25, -0.2) is 4.98 Å². The summed E-state index contributed by atoms with van der Waals surface area (Å²) in [5.74, 6) is -0.145. The molecule has 6 heteroatoms. The predicted molar refractivity (Wildman–Crippen MR) is 62.8 cm³/mol. The molecule has 1 fully saturated rings. The summed E-state index contributed by atoms with van der Waals surface area (Å²) in [7, 11) is 1.78. The Morgan fingerprint density at radius 2 is 2.18 bits per heavy atom. The molecule has 0 saturated carbocycles. The molecule has 92 valence electrons. The van der Waals surface area contributed by atoms with Crippen molar-refractivity contribution in [2.24, 2.45) is 0 Å². The van der Waals surface area contributed by atoms with E-state index in [4.69, 9.17) is 0 Å². The Hall–Kier alpha value is -1.69. The summed E-state index contributed by atoms with van der Waals surface area (Å²) in [5.41, 5.74) is -0.0169. The van der Waals surface area contributed by atoms with Gasteiger partial charge in [0.25, 0.3) is 11.5 Å². The third kappa shape index (κ3) is 2.71. The molecule has 1 aliphatic rings. The van der Waals surface area contributed by atoms with Crippen LogP contribution in [0.3, 0.4) is 0 Å². The largest absolute Gasteiger partial charge is 0.337 e. The molecule has 0 aromatic carbocycles. The minimum atomic E-state index is -0.300. The van der Waals surface area contributed by atoms with Crippen LogP contribution in [0.2, 0.25) is 0 Å². The first kappa shape index (κ1) is 11.8. The van der Waals surface area contributed by atoms with Crippen molar-refractivity contribution in [3.05, 3.63) is 28.4 Å². The van der Waals surface area contributed by atoms with Gasteiger partial charge in [-0.05, 0) is 25.9 Å². The molecule has 6 nitrogen and oxygen atoms in total. The minimum absolute atomic E-state index is 0.145. The first-order valence-corrected chi connectivity index (χ1v) is 5.71. The molecule has 2 rings (SSSR count). The number of H-pyrrole nitrogens is 1. The number of piperidine rings is 1. The number of hydrogen-bond acceptors (Lipinski definition) is 4. The molecule has 0 aliphatic carbocycles. The van der Waals surface area contributed by atoms with E-state index in [-0.39, 0.29) is 23.2 Å². The Labute approximate surface area is 99.1 Å². The molecule has 1 aliphatic heterocycles. The van der Waals surface area contributed by atoms with Crippen molar-refractivity contribution in [3.63, 3.8) is 0 Å². The molecule has 0 bridgehead atoms. The average Bonchev–Trinajstić information content (AvgIpc) is 2.39. The highest BCUT2D eigenvalue weighted by Gasteiger charge is 2.23. The van der Waals surface area contributed by atoms with Gasteiger partial charge < -0.3 is 15.2 Å². The lowest BCUT2D eigenvalue weighted by Crippen LogP contribution is -2.44. The first-order chi connectivity index (χ1) is 8.18. The average molecular weight is 236 g/mol. The lowest BCUT2D eigenvalue weighted by atomic mass is 10.1. The van der Waals surface area contributed by atoms with Crippen LogP contribution in [-0.4, -0.2) is 47.0 Å². The van der Waals surface area contributed by atoms with E-state index in [1.54, 1.807) is 11.9 Å². The minimum Gasteiger partial charge on any atom is -0.337 e. The maximum absolute atomic E-state index is 12.1. The van der Waals surface area contributed by atoms with Crippen molar-refractivity contribution >= 4 is 5.91 Å². The van der Waals surface area contributed by atoms with Gasteiger partial charge in [0.15, 0.2) is 0 Å². The molecule has 0 atom stereocenters. The second-order valence-electron chi connectivity index (χ2n) is 4.19. The Kier molecular flexibility index (Phi) is 3.53. The van der Waals surface area contributed by atoms with E-state index in [2.05, 4.69) is 15.3 Å². The molecule has 0 spiro atoms. The number of aromatic nitrogens is 2. The summed E-state index contributed by atoms with van der Waals surface area (Å²) in [6.45, 7) is 1.86. The van der Waals surface area contributed by atoms with Gasteiger partial charge >= 0.3 is 0 Å². The fourth-order valence-corrected chi connectivity index (χ4v) is 2.00. The van der Waals surface area contributed by atoms with Crippen LogP contribution in [0.1, 0.15) is 23.3 Å². The zero-order valence-electron chi connectivity index (χ0n) is 9.77. The van der Waals surface area contributed by atoms with Gasteiger partial charge in [0.05, 0.1) is 6.20 Å². The number of rotatable bonds is 2. The number of hydrogen-bond donors (Lipinski definition) is 2. The van der Waals surface area contributed by atoms with Crippen molar-refractivity contribution in [1.29, 1.82) is 0 Å². The second-order valence-corrected chi connectivity index (χ2v) is 4.19. The third-order valence-corrected chi connectivity index (χ3v) is 3.07. The maximum Gasteiger partial charge on any atom is 0.273 e. The topological polar surface area (TPSA) is 78.1 Å². The van der Waals surface area contributed by atoms with E-state index in [1.807, 2.05) is 0 Å². The highest BCUT2D eigenvalue weighted by molar-refractivity contribution is 5.91. The van der Waals surface area contributed by atoms with Gasteiger partial charge in [0.2, 0.25) is 0 Å². The zero-order chi connectivity index (χ0) is 12.3. The standard InChI is InChI=1S/C11H16N4O2/c1-15(8-2-4-12-5-3-8)11(17)9-6-14-10(16)7-13-9/h6-8,12H,2-5H2,1H3,(H,14,16). The van der Waals surface area contributed by atoms with Crippen LogP contribution in [0.4, 0.5) is 0 Å². The molecular formula is C11H16N4O2. The van der Waals surface area contributed by atoms with E-state index >= 15 is 0 Å². The molecule has 1 saturated heterocycles. The first-order valence-electron chi connectivity index (χ1n) is 5.71. The quantitative estimate of drug-likeness (QED) is 0.732. The van der Waals surface area contributed by atoms with Gasteiger partial charge in [-0.3, -0.25) is 9.59 Å². The zero-order valence-corrected chi connectivity index (χ0v) is 9.77. The van der Waals surface area contributed by atoms with Gasteiger partial charge in [-0.15, -0.1) is 0 Å². The summed E-state index contributed by atoms with van der Waals surface area (Å²) < 4.78 is 0. The van der Waals surface area contributed by atoms with Gasteiger partial charge in [-0.1, -0.05) is 0 Å². The van der Waals surface area contributed by atoms with Gasteiger partial charge in [-0.2, -0.15) is 0 Å². The molecule has 0 radical (unpaired) electrons. The summed E-state index contributed by atoms with van der Waals surface area (Å²) >= 11 is 0. The van der Waals surface area contributed by atoms with E-state index in [0.717, 1.165) is 32.1 Å². The molecule has 0 unspecified atom stereocenters. The third-order valence-electron chi connectivity index (χ3n) is 3.07. The Morgan fingerprint density at radius 3 is 2.76 bits per heavy atom. The van der Waals surface area contributed by atoms with Crippen molar-refractivity contribution in [2.45, 2.75) is 18.9 Å². The Balaban J connectivity index is 2.08. The SMILES string of the molecule is CN(C(=O)c1c[nH]c(=O)cn1)C1CCNCC1. The monoisotopic (exact) mass is 236 g/mol. The molecule has 17 heavy (non-hydrogen) atoms. The fraction of sp³-hybridized carbons (Fsp3) is 0.545. The molecule has 2 N–H and O–H groups in total. The summed E-state index contributed by atoms with van der Waals surface area (Å²) in [6, 6.07) is 0.248. The summed E-state index contributed by atoms with van der Waals surface area (Å²) in [5, 5.41) is 3.25. The number of carbonyl (C=O) groups is 1. The Bertz CT molecular complexity index is 431. The van der Waals surface area contributed by atoms with Crippen LogP contribution in [0.5, 0.6) is 0 Å². The van der Waals surface area contributed by atoms with Crippen molar-refractivity contribution in [2.75, 3.05) is 20.1 Å². The van der Waals surface area contributed by atoms with Crippen LogP contribution >= 0.6 is 0 Å². The van der Waals surface area contributed by atoms with Crippen LogP contribution in [0.15, 0.2) is 17.2 Å². The molecule has 1 aromatic heterocycles. The molecule has 1 amide bonds. The number of nitrogens with zero attached hydrogens (tertiary/aromatic N) is 2. The lowest BCUT2D eigenvalue weighted by molar-refractivity contribution is 0.0696. The van der Waals surface area contributed by atoms with E-state index < -0.39 is 0 Å². The fourth-order valence-electron chi connectivity index (χ4n) is 2.00. The normalized spacial score (nSPS) is 16.8. The van der Waals surface area contributed by atoms with Crippen LogP contribution in [0.25, 0.3) is 0 Å². The smallest absolute Gasteiger partial charge is 0.273 e. The van der Waals surface area contributed by atoms with Gasteiger partial charge in [0.1, 0.15) is 5.69 Å². The summed E-state index contributed by atoms with van der Waals surface area (Å²) in [6.07, 6.45) is 4.39.